The highest BCUT2D eigenvalue weighted by Crippen LogP contribution is 2.22. The lowest BCUT2D eigenvalue weighted by Gasteiger charge is -2.06. The molecule has 1 amide bonds. The molecule has 4 rings (SSSR count). The summed E-state index contributed by atoms with van der Waals surface area (Å²) in [6.07, 6.45) is 1.66. The number of carbonyl (C=O) groups excluding carboxylic acids is 1. The first-order valence-electron chi connectivity index (χ1n) is 8.50. The third-order valence-corrected chi connectivity index (χ3v) is 4.74. The number of halogens is 1. The van der Waals surface area contributed by atoms with Crippen LogP contribution in [0, 0.1) is 13.8 Å². The van der Waals surface area contributed by atoms with Crippen molar-refractivity contribution < 1.29 is 4.79 Å². The molecule has 0 saturated heterocycles. The van der Waals surface area contributed by atoms with Gasteiger partial charge in [0.2, 0.25) is 5.95 Å². The highest BCUT2D eigenvalue weighted by atomic mass is 35.5. The van der Waals surface area contributed by atoms with Crippen LogP contribution in [-0.2, 0) is 0 Å². The summed E-state index contributed by atoms with van der Waals surface area (Å²) in [7, 11) is 0. The zero-order chi connectivity index (χ0) is 19.7. The predicted octanol–water partition coefficient (Wildman–Crippen LogP) is 3.57. The fourth-order valence-corrected chi connectivity index (χ4v) is 2.86. The van der Waals surface area contributed by atoms with E-state index in [9.17, 15) is 4.79 Å². The molecule has 0 unspecified atom stereocenters. The van der Waals surface area contributed by atoms with E-state index in [0.29, 0.717) is 22.1 Å². The molecular formula is C19H16ClN7O. The molecule has 3 aromatic heterocycles. The Hall–Kier alpha value is -3.52. The topological polar surface area (TPSA) is 101 Å². The van der Waals surface area contributed by atoms with Crippen LogP contribution in [0.5, 0.6) is 0 Å². The minimum atomic E-state index is -0.315. The standard InChI is InChI=1S/C19H16ClN7O/c1-11-16(20)12(2)27(26-11)14-8-6-13(7-9-14)18(28)23-19-22-17(24-25-19)15-5-3-4-10-21-15/h3-10H,1-2H3,(H2,22,23,24,25,28). The van der Waals surface area contributed by atoms with Gasteiger partial charge in [0.1, 0.15) is 5.69 Å². The Labute approximate surface area is 165 Å². The van der Waals surface area contributed by atoms with E-state index in [0.717, 1.165) is 17.1 Å². The number of hydrogen-bond donors (Lipinski definition) is 2. The molecule has 140 valence electrons. The molecule has 0 aliphatic heterocycles. The summed E-state index contributed by atoms with van der Waals surface area (Å²) < 4.78 is 1.74. The number of benzene rings is 1. The van der Waals surface area contributed by atoms with Crippen molar-refractivity contribution in [2.45, 2.75) is 13.8 Å². The number of aromatic amines is 1. The molecule has 0 bridgehead atoms. The molecule has 0 saturated carbocycles. The molecule has 0 radical (unpaired) electrons. The van der Waals surface area contributed by atoms with Crippen molar-refractivity contribution in [3.63, 3.8) is 0 Å². The maximum absolute atomic E-state index is 12.5. The predicted molar refractivity (Wildman–Crippen MR) is 106 cm³/mol. The van der Waals surface area contributed by atoms with Gasteiger partial charge in [0, 0.05) is 11.8 Å². The Morgan fingerprint density at radius 3 is 2.57 bits per heavy atom. The molecule has 0 aliphatic carbocycles. The lowest BCUT2D eigenvalue weighted by atomic mass is 10.2. The average Bonchev–Trinajstić information content (AvgIpc) is 3.29. The quantitative estimate of drug-likeness (QED) is 0.551. The number of anilines is 1. The maximum Gasteiger partial charge on any atom is 0.258 e. The molecule has 2 N–H and O–H groups in total. The number of carbonyl (C=O) groups is 1. The van der Waals surface area contributed by atoms with Gasteiger partial charge < -0.3 is 0 Å². The second-order valence-electron chi connectivity index (χ2n) is 6.12. The molecule has 0 atom stereocenters. The molecule has 1 aromatic carbocycles. The van der Waals surface area contributed by atoms with Crippen LogP contribution < -0.4 is 5.32 Å². The van der Waals surface area contributed by atoms with Gasteiger partial charge in [-0.2, -0.15) is 10.1 Å². The van der Waals surface area contributed by atoms with Crippen molar-refractivity contribution >= 4 is 23.5 Å². The van der Waals surface area contributed by atoms with Crippen molar-refractivity contribution in [3.8, 4) is 17.2 Å². The summed E-state index contributed by atoms with van der Waals surface area (Å²) in [5.74, 6) is 0.345. The van der Waals surface area contributed by atoms with Crippen LogP contribution in [0.2, 0.25) is 5.02 Å². The van der Waals surface area contributed by atoms with Crippen LogP contribution in [0.4, 0.5) is 5.95 Å². The van der Waals surface area contributed by atoms with Gasteiger partial charge in [-0.3, -0.25) is 20.2 Å². The third-order valence-electron chi connectivity index (χ3n) is 4.20. The fraction of sp³-hybridized carbons (Fsp3) is 0.105. The average molecular weight is 394 g/mol. The van der Waals surface area contributed by atoms with E-state index in [-0.39, 0.29) is 11.9 Å². The second kappa shape index (κ2) is 7.24. The number of aromatic nitrogens is 6. The minimum absolute atomic E-state index is 0.181. The number of H-pyrrole nitrogens is 1. The van der Waals surface area contributed by atoms with Crippen LogP contribution in [-0.4, -0.2) is 35.9 Å². The van der Waals surface area contributed by atoms with Gasteiger partial charge in [-0.05, 0) is 50.2 Å². The van der Waals surface area contributed by atoms with Crippen molar-refractivity contribution in [2.75, 3.05) is 5.32 Å². The first kappa shape index (κ1) is 17.9. The largest absolute Gasteiger partial charge is 0.289 e. The number of pyridine rings is 1. The van der Waals surface area contributed by atoms with Crippen molar-refractivity contribution in [1.82, 2.24) is 29.9 Å². The molecule has 4 aromatic rings. The lowest BCUT2D eigenvalue weighted by molar-refractivity contribution is 0.102. The maximum atomic E-state index is 12.5. The van der Waals surface area contributed by atoms with E-state index < -0.39 is 0 Å². The van der Waals surface area contributed by atoms with E-state index in [1.807, 2.05) is 38.1 Å². The SMILES string of the molecule is Cc1nn(-c2ccc(C(=O)Nc3n[nH]c(-c4ccccn4)n3)cc2)c(C)c1Cl. The van der Waals surface area contributed by atoms with Crippen LogP contribution in [0.25, 0.3) is 17.2 Å². The second-order valence-corrected chi connectivity index (χ2v) is 6.50. The normalized spacial score (nSPS) is 10.8. The number of nitrogens with one attached hydrogen (secondary N) is 2. The van der Waals surface area contributed by atoms with E-state index in [4.69, 9.17) is 11.6 Å². The summed E-state index contributed by atoms with van der Waals surface area (Å²) in [4.78, 5) is 20.9. The van der Waals surface area contributed by atoms with Crippen LogP contribution in [0.15, 0.2) is 48.7 Å². The first-order valence-corrected chi connectivity index (χ1v) is 8.88. The van der Waals surface area contributed by atoms with Gasteiger partial charge >= 0.3 is 0 Å². The number of aryl methyl sites for hydroxylation is 1. The highest BCUT2D eigenvalue weighted by Gasteiger charge is 2.13. The summed E-state index contributed by atoms with van der Waals surface area (Å²) in [6.45, 7) is 3.75. The van der Waals surface area contributed by atoms with Gasteiger partial charge in [0.05, 0.1) is 22.1 Å². The molecule has 8 nitrogen and oxygen atoms in total. The van der Waals surface area contributed by atoms with Crippen molar-refractivity contribution in [1.29, 1.82) is 0 Å². The van der Waals surface area contributed by atoms with Gasteiger partial charge in [0.15, 0.2) is 5.82 Å². The minimum Gasteiger partial charge on any atom is -0.289 e. The Kier molecular flexibility index (Phi) is 4.62. The zero-order valence-electron chi connectivity index (χ0n) is 15.1. The molecular weight excluding hydrogens is 378 g/mol. The number of amides is 1. The number of hydrogen-bond acceptors (Lipinski definition) is 5. The summed E-state index contributed by atoms with van der Waals surface area (Å²) in [5, 5.41) is 14.5. The lowest BCUT2D eigenvalue weighted by Crippen LogP contribution is -2.13. The van der Waals surface area contributed by atoms with Crippen LogP contribution in [0.1, 0.15) is 21.7 Å². The number of nitrogens with zero attached hydrogens (tertiary/aromatic N) is 5. The highest BCUT2D eigenvalue weighted by molar-refractivity contribution is 6.31. The summed E-state index contributed by atoms with van der Waals surface area (Å²) in [5.41, 5.74) is 3.54. The Morgan fingerprint density at radius 1 is 1.14 bits per heavy atom. The molecule has 9 heteroatoms. The molecule has 28 heavy (non-hydrogen) atoms. The van der Waals surface area contributed by atoms with Crippen LogP contribution in [0.3, 0.4) is 0 Å². The summed E-state index contributed by atoms with van der Waals surface area (Å²) in [6, 6.07) is 12.5. The third kappa shape index (κ3) is 3.37. The van der Waals surface area contributed by atoms with E-state index in [1.165, 1.54) is 0 Å². The first-order chi connectivity index (χ1) is 13.5. The smallest absolute Gasteiger partial charge is 0.258 e. The Morgan fingerprint density at radius 2 is 1.93 bits per heavy atom. The van der Waals surface area contributed by atoms with Crippen molar-refractivity contribution in [3.05, 3.63) is 70.6 Å². The number of rotatable bonds is 4. The van der Waals surface area contributed by atoms with Crippen LogP contribution >= 0.6 is 11.6 Å². The molecule has 0 fully saturated rings. The monoisotopic (exact) mass is 393 g/mol. The Bertz CT molecular complexity index is 1130. The van der Waals surface area contributed by atoms with E-state index >= 15 is 0 Å². The molecule has 0 spiro atoms. The van der Waals surface area contributed by atoms with E-state index in [2.05, 4.69) is 30.6 Å². The van der Waals surface area contributed by atoms with Gasteiger partial charge in [-0.1, -0.05) is 17.7 Å². The van der Waals surface area contributed by atoms with E-state index in [1.54, 1.807) is 29.1 Å². The van der Waals surface area contributed by atoms with Gasteiger partial charge in [-0.15, -0.1) is 5.10 Å². The zero-order valence-corrected chi connectivity index (χ0v) is 15.9. The fourth-order valence-electron chi connectivity index (χ4n) is 2.74. The molecule has 0 aliphatic rings. The summed E-state index contributed by atoms with van der Waals surface area (Å²) >= 11 is 6.20. The van der Waals surface area contributed by atoms with Gasteiger partial charge in [0.25, 0.3) is 5.91 Å². The van der Waals surface area contributed by atoms with Gasteiger partial charge in [-0.25, -0.2) is 4.68 Å². The molecule has 3 heterocycles. The Balaban J connectivity index is 1.50. The van der Waals surface area contributed by atoms with Crippen molar-refractivity contribution in [2.24, 2.45) is 0 Å².